The molecule has 4 saturated carbocycles. The molecule has 5 rings (SSSR count). The van der Waals surface area contributed by atoms with Crippen molar-refractivity contribution in [2.24, 2.45) is 16.2 Å². The number of piperazine rings is 1. The third kappa shape index (κ3) is 2.67. The Morgan fingerprint density at radius 3 is 1.74 bits per heavy atom. The summed E-state index contributed by atoms with van der Waals surface area (Å²) < 4.78 is 0. The van der Waals surface area contributed by atoms with Crippen molar-refractivity contribution in [2.75, 3.05) is 33.2 Å². The van der Waals surface area contributed by atoms with E-state index in [0.717, 1.165) is 26.2 Å². The van der Waals surface area contributed by atoms with Crippen LogP contribution in [0.25, 0.3) is 0 Å². The van der Waals surface area contributed by atoms with E-state index >= 15 is 0 Å². The van der Waals surface area contributed by atoms with Crippen LogP contribution in [-0.2, 0) is 0 Å². The predicted octanol–water partition coefficient (Wildman–Crippen LogP) is 1.67. The summed E-state index contributed by atoms with van der Waals surface area (Å²) in [7, 11) is 2.22. The van der Waals surface area contributed by atoms with E-state index in [4.69, 9.17) is 0 Å². The fraction of sp³-hybridized carbons (Fsp3) is 0.947. The number of hydrogen-bond acceptors (Lipinski definition) is 1. The molecule has 0 unspecified atom stereocenters. The second kappa shape index (κ2) is 4.65. The quantitative estimate of drug-likeness (QED) is 0.757. The van der Waals surface area contributed by atoms with Gasteiger partial charge in [0.25, 0.3) is 0 Å². The maximum absolute atomic E-state index is 12.9. The molecule has 4 heteroatoms. The van der Waals surface area contributed by atoms with Crippen LogP contribution in [-0.4, -0.2) is 49.7 Å². The van der Waals surface area contributed by atoms with Gasteiger partial charge in [0.1, 0.15) is 0 Å². The standard InChI is InChI=1S/C19H33N3O/c1-16-9-17(2)11-18(3,10-16)14-19(12-16,13-17)20-15(23)22-7-5-21(4)6-8-22/h5-14H2,1-4H3,(H,20,23)/p+1. The van der Waals surface area contributed by atoms with Crippen molar-refractivity contribution in [3.8, 4) is 0 Å². The molecule has 0 aromatic heterocycles. The largest absolute Gasteiger partial charge is 0.334 e. The van der Waals surface area contributed by atoms with Crippen molar-refractivity contribution in [3.63, 3.8) is 0 Å². The van der Waals surface area contributed by atoms with Crippen LogP contribution in [0.3, 0.4) is 0 Å². The first-order valence-electron chi connectivity index (χ1n) is 9.51. The van der Waals surface area contributed by atoms with Crippen LogP contribution in [0, 0.1) is 16.2 Å². The van der Waals surface area contributed by atoms with E-state index in [1.165, 1.54) is 43.4 Å². The predicted molar refractivity (Wildman–Crippen MR) is 91.5 cm³/mol. The van der Waals surface area contributed by atoms with E-state index < -0.39 is 0 Å². The van der Waals surface area contributed by atoms with E-state index in [9.17, 15) is 4.79 Å². The molecule has 0 spiro atoms. The van der Waals surface area contributed by atoms with Crippen molar-refractivity contribution < 1.29 is 9.69 Å². The zero-order valence-corrected chi connectivity index (χ0v) is 15.4. The number of hydrogen-bond donors (Lipinski definition) is 2. The Kier molecular flexibility index (Phi) is 3.18. The average Bonchev–Trinajstić information content (AvgIpc) is 2.32. The summed E-state index contributed by atoms with van der Waals surface area (Å²) in [6.07, 6.45) is 7.63. The Morgan fingerprint density at radius 1 is 0.870 bits per heavy atom. The molecule has 2 amide bonds. The summed E-state index contributed by atoms with van der Waals surface area (Å²) in [5.74, 6) is 0. The lowest BCUT2D eigenvalue weighted by Gasteiger charge is -2.69. The van der Waals surface area contributed by atoms with Gasteiger partial charge in [-0.3, -0.25) is 0 Å². The zero-order valence-electron chi connectivity index (χ0n) is 15.4. The lowest BCUT2D eigenvalue weighted by Crippen LogP contribution is -3.12. The molecule has 5 aliphatic rings. The third-order valence-corrected chi connectivity index (χ3v) is 7.13. The highest BCUT2D eigenvalue weighted by Crippen LogP contribution is 2.70. The number of amides is 2. The molecule has 2 N–H and O–H groups in total. The Morgan fingerprint density at radius 2 is 1.30 bits per heavy atom. The molecule has 4 bridgehead atoms. The molecular formula is C19H34N3O+. The van der Waals surface area contributed by atoms with Crippen LogP contribution < -0.4 is 10.2 Å². The zero-order chi connectivity index (χ0) is 16.5. The van der Waals surface area contributed by atoms with Gasteiger partial charge in [-0.25, -0.2) is 4.79 Å². The summed E-state index contributed by atoms with van der Waals surface area (Å²) in [5.41, 5.74) is 1.34. The van der Waals surface area contributed by atoms with Gasteiger partial charge in [-0.1, -0.05) is 20.8 Å². The van der Waals surface area contributed by atoms with E-state index in [2.05, 4.69) is 38.0 Å². The van der Waals surface area contributed by atoms with Crippen molar-refractivity contribution in [1.29, 1.82) is 0 Å². The maximum Gasteiger partial charge on any atom is 0.318 e. The summed E-state index contributed by atoms with van der Waals surface area (Å²) >= 11 is 0. The fourth-order valence-corrected chi connectivity index (χ4v) is 7.82. The highest BCUT2D eigenvalue weighted by Gasteiger charge is 2.64. The number of rotatable bonds is 1. The van der Waals surface area contributed by atoms with Crippen molar-refractivity contribution in [1.82, 2.24) is 10.2 Å². The Labute approximate surface area is 141 Å². The fourth-order valence-electron chi connectivity index (χ4n) is 7.82. The van der Waals surface area contributed by atoms with Gasteiger partial charge in [0.05, 0.1) is 33.2 Å². The van der Waals surface area contributed by atoms with E-state index in [0.29, 0.717) is 16.2 Å². The van der Waals surface area contributed by atoms with Gasteiger partial charge in [-0.15, -0.1) is 0 Å². The van der Waals surface area contributed by atoms with Crippen LogP contribution in [0.15, 0.2) is 0 Å². The SMILES string of the molecule is C[NH+]1CCN(C(=O)NC23CC4(C)CC(C)(CC(C)(C4)C2)C3)CC1. The van der Waals surface area contributed by atoms with Crippen LogP contribution in [0.4, 0.5) is 4.79 Å². The molecule has 0 aromatic rings. The van der Waals surface area contributed by atoms with Crippen LogP contribution in [0.2, 0.25) is 0 Å². The summed E-state index contributed by atoms with van der Waals surface area (Å²) in [4.78, 5) is 16.5. The van der Waals surface area contributed by atoms with Crippen molar-refractivity contribution >= 4 is 6.03 Å². The van der Waals surface area contributed by atoms with Crippen LogP contribution >= 0.6 is 0 Å². The molecule has 0 aromatic carbocycles. The van der Waals surface area contributed by atoms with E-state index in [-0.39, 0.29) is 11.6 Å². The van der Waals surface area contributed by atoms with Crippen molar-refractivity contribution in [2.45, 2.75) is 64.8 Å². The molecule has 0 atom stereocenters. The molecular weight excluding hydrogens is 286 g/mol. The number of likely N-dealkylation sites (N-methyl/N-ethyl adjacent to an activating group) is 1. The summed E-state index contributed by atoms with van der Waals surface area (Å²) in [5, 5.41) is 3.56. The van der Waals surface area contributed by atoms with Gasteiger partial charge >= 0.3 is 6.03 Å². The number of carbonyl (C=O) groups excluding carboxylic acids is 1. The first-order valence-corrected chi connectivity index (χ1v) is 9.51. The molecule has 130 valence electrons. The second-order valence-corrected chi connectivity index (χ2v) is 10.6. The topological polar surface area (TPSA) is 36.8 Å². The molecule has 1 saturated heterocycles. The first-order chi connectivity index (χ1) is 10.6. The smallest absolute Gasteiger partial charge is 0.318 e. The molecule has 23 heavy (non-hydrogen) atoms. The van der Waals surface area contributed by atoms with Gasteiger partial charge in [-0.05, 0) is 54.8 Å². The number of quaternary nitrogens is 1. The highest BCUT2D eigenvalue weighted by molar-refractivity contribution is 5.75. The second-order valence-electron chi connectivity index (χ2n) is 10.6. The highest BCUT2D eigenvalue weighted by atomic mass is 16.2. The van der Waals surface area contributed by atoms with Crippen molar-refractivity contribution in [3.05, 3.63) is 0 Å². The van der Waals surface area contributed by atoms with Gasteiger partial charge in [0.2, 0.25) is 0 Å². The van der Waals surface area contributed by atoms with Gasteiger partial charge in [-0.2, -0.15) is 0 Å². The number of urea groups is 1. The number of carbonyl (C=O) groups is 1. The summed E-state index contributed by atoms with van der Waals surface area (Å²) in [6, 6.07) is 0.204. The minimum absolute atomic E-state index is 0.0558. The minimum Gasteiger partial charge on any atom is -0.334 e. The Hall–Kier alpha value is -0.770. The monoisotopic (exact) mass is 320 g/mol. The normalized spacial score (nSPS) is 49.5. The third-order valence-electron chi connectivity index (χ3n) is 7.13. The Balaban J connectivity index is 1.53. The number of nitrogens with one attached hydrogen (secondary N) is 2. The average molecular weight is 321 g/mol. The molecule has 4 nitrogen and oxygen atoms in total. The van der Waals surface area contributed by atoms with Gasteiger partial charge < -0.3 is 15.1 Å². The van der Waals surface area contributed by atoms with E-state index in [1.54, 1.807) is 0 Å². The van der Waals surface area contributed by atoms with Crippen LogP contribution in [0.5, 0.6) is 0 Å². The molecule has 4 aliphatic carbocycles. The van der Waals surface area contributed by atoms with Crippen LogP contribution in [0.1, 0.15) is 59.3 Å². The molecule has 0 radical (unpaired) electrons. The maximum atomic E-state index is 12.9. The minimum atomic E-state index is 0.0558. The Bertz CT molecular complexity index is 469. The lowest BCUT2D eigenvalue weighted by molar-refractivity contribution is -0.883. The van der Waals surface area contributed by atoms with Gasteiger partial charge in [0.15, 0.2) is 0 Å². The van der Waals surface area contributed by atoms with E-state index in [1.807, 2.05) is 0 Å². The molecule has 1 aliphatic heterocycles. The molecule has 1 heterocycles. The lowest BCUT2D eigenvalue weighted by atomic mass is 9.38. The first kappa shape index (κ1) is 15.7. The summed E-state index contributed by atoms with van der Waals surface area (Å²) in [6.45, 7) is 11.4. The number of nitrogens with zero attached hydrogens (tertiary/aromatic N) is 1. The van der Waals surface area contributed by atoms with Gasteiger partial charge in [0, 0.05) is 5.54 Å². The molecule has 5 fully saturated rings.